The standard InChI is InChI=1S/C26H25ClFN3O/c1-32-23-10-11-25(24(28)16-23)31-15-14-30(13-12-19-2-4-20(17-29)5-3-19)18-26(31)21-6-8-22(27)9-7-21/h2-11,16,26H,12-15,18H2,1H3/t26-/m0/s1. The Morgan fingerprint density at radius 2 is 1.81 bits per heavy atom. The van der Waals surface area contributed by atoms with Gasteiger partial charge in [0.25, 0.3) is 0 Å². The molecule has 0 amide bonds. The second kappa shape index (κ2) is 10.0. The minimum Gasteiger partial charge on any atom is -0.497 e. The Morgan fingerprint density at radius 1 is 1.06 bits per heavy atom. The zero-order chi connectivity index (χ0) is 22.5. The fraction of sp³-hybridized carbons (Fsp3) is 0.269. The van der Waals surface area contributed by atoms with Crippen molar-refractivity contribution in [3.05, 3.63) is 94.3 Å². The number of nitriles is 1. The molecule has 1 heterocycles. The number of halogens is 2. The molecule has 0 unspecified atom stereocenters. The Bertz CT molecular complexity index is 1100. The second-order valence-corrected chi connectivity index (χ2v) is 8.37. The van der Waals surface area contributed by atoms with E-state index in [2.05, 4.69) is 15.9 Å². The predicted octanol–water partition coefficient (Wildman–Crippen LogP) is 5.47. The largest absolute Gasteiger partial charge is 0.497 e. The van der Waals surface area contributed by atoms with Gasteiger partial charge in [0.2, 0.25) is 0 Å². The lowest BCUT2D eigenvalue weighted by atomic mass is 10.0. The average Bonchev–Trinajstić information content (AvgIpc) is 2.83. The Hall–Kier alpha value is -3.07. The van der Waals surface area contributed by atoms with Gasteiger partial charge in [0.1, 0.15) is 11.6 Å². The average molecular weight is 450 g/mol. The van der Waals surface area contributed by atoms with Crippen LogP contribution in [0.4, 0.5) is 10.1 Å². The molecule has 0 aromatic heterocycles. The maximum absolute atomic E-state index is 14.9. The Morgan fingerprint density at radius 3 is 2.47 bits per heavy atom. The van der Waals surface area contributed by atoms with Gasteiger partial charge in [-0.25, -0.2) is 4.39 Å². The minimum absolute atomic E-state index is 0.00452. The van der Waals surface area contributed by atoms with Crippen LogP contribution in [0.2, 0.25) is 5.02 Å². The molecule has 1 aliphatic heterocycles. The molecule has 0 saturated carbocycles. The molecule has 0 bridgehead atoms. The summed E-state index contributed by atoms with van der Waals surface area (Å²) in [6.07, 6.45) is 0.899. The van der Waals surface area contributed by atoms with E-state index in [1.54, 1.807) is 12.1 Å². The number of ether oxygens (including phenoxy) is 1. The Balaban J connectivity index is 1.53. The van der Waals surface area contributed by atoms with E-state index in [1.165, 1.54) is 18.7 Å². The van der Waals surface area contributed by atoms with Crippen LogP contribution < -0.4 is 9.64 Å². The van der Waals surface area contributed by atoms with Crippen LogP contribution in [0.25, 0.3) is 0 Å². The highest BCUT2D eigenvalue weighted by Gasteiger charge is 2.30. The second-order valence-electron chi connectivity index (χ2n) is 7.94. The summed E-state index contributed by atoms with van der Waals surface area (Å²) in [5, 5.41) is 9.66. The van der Waals surface area contributed by atoms with Gasteiger partial charge in [-0.2, -0.15) is 5.26 Å². The van der Waals surface area contributed by atoms with Crippen molar-refractivity contribution in [1.29, 1.82) is 5.26 Å². The van der Waals surface area contributed by atoms with Crippen molar-refractivity contribution < 1.29 is 9.13 Å². The van der Waals surface area contributed by atoms with E-state index in [0.717, 1.165) is 31.6 Å². The molecule has 1 atom stereocenters. The third-order valence-electron chi connectivity index (χ3n) is 5.98. The van der Waals surface area contributed by atoms with Crippen molar-refractivity contribution in [2.45, 2.75) is 12.5 Å². The van der Waals surface area contributed by atoms with Crippen LogP contribution in [0, 0.1) is 17.1 Å². The molecule has 6 heteroatoms. The van der Waals surface area contributed by atoms with Crippen LogP contribution in [0.15, 0.2) is 66.7 Å². The van der Waals surface area contributed by atoms with E-state index in [1.807, 2.05) is 48.5 Å². The lowest BCUT2D eigenvalue weighted by Crippen LogP contribution is -2.49. The van der Waals surface area contributed by atoms with Gasteiger partial charge in [-0.15, -0.1) is 0 Å². The minimum atomic E-state index is -0.283. The number of rotatable bonds is 6. The monoisotopic (exact) mass is 449 g/mol. The van der Waals surface area contributed by atoms with Crippen molar-refractivity contribution in [1.82, 2.24) is 4.90 Å². The topological polar surface area (TPSA) is 39.5 Å². The molecule has 164 valence electrons. The van der Waals surface area contributed by atoms with Crippen molar-refractivity contribution in [3.8, 4) is 11.8 Å². The number of hydrogen-bond acceptors (Lipinski definition) is 4. The predicted molar refractivity (Wildman–Crippen MR) is 126 cm³/mol. The molecule has 4 rings (SSSR count). The maximum Gasteiger partial charge on any atom is 0.150 e. The molecule has 0 radical (unpaired) electrons. The third-order valence-corrected chi connectivity index (χ3v) is 6.24. The lowest BCUT2D eigenvalue weighted by Gasteiger charge is -2.43. The van der Waals surface area contributed by atoms with Gasteiger partial charge in [-0.3, -0.25) is 4.90 Å². The maximum atomic E-state index is 14.9. The van der Waals surface area contributed by atoms with E-state index >= 15 is 0 Å². The van der Waals surface area contributed by atoms with Crippen molar-refractivity contribution >= 4 is 17.3 Å². The highest BCUT2D eigenvalue weighted by molar-refractivity contribution is 6.30. The lowest BCUT2D eigenvalue weighted by molar-refractivity contribution is 0.225. The quantitative estimate of drug-likeness (QED) is 0.500. The number of nitrogens with zero attached hydrogens (tertiary/aromatic N) is 3. The van der Waals surface area contributed by atoms with Crippen LogP contribution in [0.3, 0.4) is 0 Å². The molecule has 1 fully saturated rings. The first kappa shape index (κ1) is 22.1. The molecule has 3 aromatic carbocycles. The molecule has 1 aliphatic rings. The first-order valence-corrected chi connectivity index (χ1v) is 11.0. The number of hydrogen-bond donors (Lipinski definition) is 0. The summed E-state index contributed by atoms with van der Waals surface area (Å²) in [5.41, 5.74) is 3.56. The van der Waals surface area contributed by atoms with Crippen molar-refractivity contribution in [2.75, 3.05) is 38.2 Å². The van der Waals surface area contributed by atoms with Crippen LogP contribution in [0.1, 0.15) is 22.7 Å². The highest BCUT2D eigenvalue weighted by atomic mass is 35.5. The van der Waals surface area contributed by atoms with Gasteiger partial charge < -0.3 is 9.64 Å². The number of benzene rings is 3. The van der Waals surface area contributed by atoms with E-state index in [9.17, 15) is 4.39 Å². The van der Waals surface area contributed by atoms with Crippen molar-refractivity contribution in [3.63, 3.8) is 0 Å². The summed E-state index contributed by atoms with van der Waals surface area (Å²) in [6, 6.07) is 22.7. The summed E-state index contributed by atoms with van der Waals surface area (Å²) >= 11 is 6.11. The van der Waals surface area contributed by atoms with Gasteiger partial charge in [0.15, 0.2) is 0 Å². The molecule has 0 spiro atoms. The summed E-state index contributed by atoms with van der Waals surface area (Å²) < 4.78 is 20.1. The molecule has 0 aliphatic carbocycles. The normalized spacial score (nSPS) is 16.6. The van der Waals surface area contributed by atoms with Gasteiger partial charge in [0, 0.05) is 37.3 Å². The van der Waals surface area contributed by atoms with Crippen LogP contribution in [0.5, 0.6) is 5.75 Å². The fourth-order valence-corrected chi connectivity index (χ4v) is 4.31. The smallest absolute Gasteiger partial charge is 0.150 e. The summed E-state index contributed by atoms with van der Waals surface area (Å²) in [6.45, 7) is 3.23. The number of methoxy groups -OCH3 is 1. The fourth-order valence-electron chi connectivity index (χ4n) is 4.18. The highest BCUT2D eigenvalue weighted by Crippen LogP contribution is 2.34. The molecule has 0 N–H and O–H groups in total. The molecule has 4 nitrogen and oxygen atoms in total. The van der Waals surface area contributed by atoms with E-state index < -0.39 is 0 Å². The van der Waals surface area contributed by atoms with Gasteiger partial charge >= 0.3 is 0 Å². The zero-order valence-electron chi connectivity index (χ0n) is 18.0. The van der Waals surface area contributed by atoms with Crippen LogP contribution in [-0.2, 0) is 6.42 Å². The molecule has 1 saturated heterocycles. The van der Waals surface area contributed by atoms with Crippen LogP contribution in [-0.4, -0.2) is 38.2 Å². The molecular weight excluding hydrogens is 425 g/mol. The third kappa shape index (κ3) is 5.04. The van der Waals surface area contributed by atoms with E-state index in [4.69, 9.17) is 21.6 Å². The zero-order valence-corrected chi connectivity index (χ0v) is 18.7. The Kier molecular flexibility index (Phi) is 6.94. The number of piperazine rings is 1. The summed E-state index contributed by atoms with van der Waals surface area (Å²) in [5.74, 6) is 0.227. The molecular formula is C26H25ClFN3O. The first-order valence-electron chi connectivity index (χ1n) is 10.6. The first-order chi connectivity index (χ1) is 15.6. The van der Waals surface area contributed by atoms with Crippen molar-refractivity contribution in [2.24, 2.45) is 0 Å². The summed E-state index contributed by atoms with van der Waals surface area (Å²) in [4.78, 5) is 4.55. The van der Waals surface area contributed by atoms with E-state index in [-0.39, 0.29) is 11.9 Å². The number of anilines is 1. The van der Waals surface area contributed by atoms with E-state index in [0.29, 0.717) is 28.6 Å². The van der Waals surface area contributed by atoms with Gasteiger partial charge in [-0.1, -0.05) is 35.9 Å². The SMILES string of the molecule is COc1ccc(N2CCN(CCc3ccc(C#N)cc3)C[C@H]2c2ccc(Cl)cc2)c(F)c1. The van der Waals surface area contributed by atoms with Gasteiger partial charge in [0.05, 0.1) is 30.5 Å². The summed E-state index contributed by atoms with van der Waals surface area (Å²) in [7, 11) is 1.54. The Labute approximate surface area is 193 Å². The van der Waals surface area contributed by atoms with Crippen LogP contribution >= 0.6 is 11.6 Å². The van der Waals surface area contributed by atoms with Gasteiger partial charge in [-0.05, 0) is 53.9 Å². The molecule has 3 aromatic rings. The molecule has 32 heavy (non-hydrogen) atoms.